The van der Waals surface area contributed by atoms with Crippen molar-refractivity contribution in [2.24, 2.45) is 0 Å². The Hall–Kier alpha value is -0.280. The maximum absolute atomic E-state index is 11.3. The largest absolute Gasteiger partial charge is 0.262 e. The van der Waals surface area contributed by atoms with Crippen LogP contribution in [0, 0.1) is 11.3 Å². The van der Waals surface area contributed by atoms with Crippen molar-refractivity contribution in [2.75, 3.05) is 0 Å². The van der Waals surface area contributed by atoms with E-state index in [1.807, 2.05) is 0 Å². The minimum atomic E-state index is -3.98. The molecule has 3 nitrogen and oxygen atoms in total. The van der Waals surface area contributed by atoms with Gasteiger partial charge in [-0.25, -0.2) is 8.42 Å². The predicted molar refractivity (Wildman–Crippen MR) is 61.5 cm³/mol. The Kier molecular flexibility index (Phi) is 4.01. The Balaban J connectivity index is 3.73. The van der Waals surface area contributed by atoms with Crippen molar-refractivity contribution in [3.8, 4) is 6.07 Å². The number of halogens is 3. The molecular weight excluding hydrogens is 325 g/mol. The molecule has 1 rings (SSSR count). The van der Waals surface area contributed by atoms with Gasteiger partial charge in [0.15, 0.2) is 0 Å². The number of benzene rings is 1. The van der Waals surface area contributed by atoms with E-state index in [0.29, 0.717) is 10.0 Å². The first kappa shape index (κ1) is 12.8. The molecule has 1 aromatic carbocycles. The quantitative estimate of drug-likeness (QED) is 0.619. The van der Waals surface area contributed by atoms with Crippen molar-refractivity contribution >= 4 is 47.3 Å². The van der Waals surface area contributed by atoms with E-state index in [1.54, 1.807) is 12.1 Å². The second-order valence-corrected chi connectivity index (χ2v) is 6.21. The minimum absolute atomic E-state index is 0.0103. The molecule has 0 amide bonds. The Morgan fingerprint density at radius 3 is 2.47 bits per heavy atom. The molecule has 0 saturated heterocycles. The molecule has 0 aliphatic carbocycles. The summed E-state index contributed by atoms with van der Waals surface area (Å²) in [5.74, 6) is -0.0443. The normalized spacial score (nSPS) is 11.1. The lowest BCUT2D eigenvalue weighted by atomic mass is 10.1. The molecule has 0 bridgehead atoms. The van der Waals surface area contributed by atoms with Gasteiger partial charge in [-0.1, -0.05) is 15.9 Å². The summed E-state index contributed by atoms with van der Waals surface area (Å²) in [6.07, 6.45) is 0. The second kappa shape index (κ2) is 4.71. The third-order valence-corrected chi connectivity index (χ3v) is 4.13. The van der Waals surface area contributed by atoms with E-state index < -0.39 is 9.05 Å². The average molecular weight is 329 g/mol. The molecule has 0 aliphatic heterocycles. The fourth-order valence-electron chi connectivity index (χ4n) is 1.09. The predicted octanol–water partition coefficient (Wildman–Crippen LogP) is 2.99. The summed E-state index contributed by atoms with van der Waals surface area (Å²) in [5.41, 5.74) is 0.287. The number of hydrogen-bond acceptors (Lipinski definition) is 3. The first-order valence-electron chi connectivity index (χ1n) is 3.64. The first-order valence-corrected chi connectivity index (χ1v) is 7.27. The summed E-state index contributed by atoms with van der Waals surface area (Å²) in [4.78, 5) is -0.226. The Bertz CT molecular complexity index is 536. The van der Waals surface area contributed by atoms with Crippen molar-refractivity contribution in [1.29, 1.82) is 5.26 Å². The van der Waals surface area contributed by atoms with Crippen LogP contribution < -0.4 is 0 Å². The molecule has 0 saturated carbocycles. The SMILES string of the molecule is N#Cc1ccc(Br)c(CCl)c1S(=O)(=O)Cl. The topological polar surface area (TPSA) is 57.9 Å². The van der Waals surface area contributed by atoms with E-state index in [9.17, 15) is 8.42 Å². The van der Waals surface area contributed by atoms with Gasteiger partial charge >= 0.3 is 0 Å². The highest BCUT2D eigenvalue weighted by Gasteiger charge is 2.22. The highest BCUT2D eigenvalue weighted by atomic mass is 79.9. The van der Waals surface area contributed by atoms with E-state index in [0.717, 1.165) is 0 Å². The zero-order chi connectivity index (χ0) is 11.6. The van der Waals surface area contributed by atoms with Gasteiger partial charge in [0.1, 0.15) is 11.0 Å². The molecule has 7 heteroatoms. The zero-order valence-electron chi connectivity index (χ0n) is 7.17. The van der Waals surface area contributed by atoms with Gasteiger partial charge in [-0.3, -0.25) is 0 Å². The van der Waals surface area contributed by atoms with Gasteiger partial charge in [-0.15, -0.1) is 11.6 Å². The van der Waals surface area contributed by atoms with Gasteiger partial charge in [-0.2, -0.15) is 5.26 Å². The van der Waals surface area contributed by atoms with Gasteiger partial charge in [0, 0.05) is 26.6 Å². The molecule has 80 valence electrons. The summed E-state index contributed by atoms with van der Waals surface area (Å²) in [7, 11) is 1.26. The van der Waals surface area contributed by atoms with E-state index in [1.165, 1.54) is 6.07 Å². The van der Waals surface area contributed by atoms with Gasteiger partial charge in [0.25, 0.3) is 9.05 Å². The smallest absolute Gasteiger partial charge is 0.207 e. The van der Waals surface area contributed by atoms with Crippen molar-refractivity contribution in [2.45, 2.75) is 10.8 Å². The summed E-state index contributed by atoms with van der Waals surface area (Å²) >= 11 is 8.76. The third kappa shape index (κ3) is 2.64. The van der Waals surface area contributed by atoms with Crippen molar-refractivity contribution in [1.82, 2.24) is 0 Å². The summed E-state index contributed by atoms with van der Waals surface area (Å²) < 4.78 is 23.1. The standard InChI is InChI=1S/C8H4BrCl2NO2S/c9-7-2-1-5(4-12)8(6(7)3-10)15(11,13)14/h1-2H,3H2. The molecule has 0 atom stereocenters. The summed E-state index contributed by atoms with van der Waals surface area (Å²) in [6, 6.07) is 4.69. The molecule has 0 spiro atoms. The van der Waals surface area contributed by atoms with Gasteiger partial charge in [0.05, 0.1) is 5.56 Å². The monoisotopic (exact) mass is 327 g/mol. The molecule has 0 unspecified atom stereocenters. The fourth-order valence-corrected chi connectivity index (χ4v) is 3.60. The van der Waals surface area contributed by atoms with Gasteiger partial charge in [0.2, 0.25) is 0 Å². The fraction of sp³-hybridized carbons (Fsp3) is 0.125. The van der Waals surface area contributed by atoms with Crippen LogP contribution in [0.1, 0.15) is 11.1 Å². The van der Waals surface area contributed by atoms with E-state index in [4.69, 9.17) is 27.5 Å². The van der Waals surface area contributed by atoms with Crippen LogP contribution in [0.2, 0.25) is 0 Å². The Labute approximate surface area is 105 Å². The number of alkyl halides is 1. The maximum atomic E-state index is 11.3. The van der Waals surface area contributed by atoms with Crippen molar-refractivity contribution in [3.63, 3.8) is 0 Å². The lowest BCUT2D eigenvalue weighted by molar-refractivity contribution is 0.608. The van der Waals surface area contributed by atoms with Crippen LogP contribution in [0.5, 0.6) is 0 Å². The van der Waals surface area contributed by atoms with Crippen LogP contribution in [0.3, 0.4) is 0 Å². The summed E-state index contributed by atoms with van der Waals surface area (Å²) in [6.45, 7) is 0. The molecule has 0 aliphatic rings. The van der Waals surface area contributed by atoms with Crippen molar-refractivity contribution in [3.05, 3.63) is 27.7 Å². The van der Waals surface area contributed by atoms with Crippen LogP contribution in [-0.4, -0.2) is 8.42 Å². The zero-order valence-corrected chi connectivity index (χ0v) is 11.1. The molecule has 0 aromatic heterocycles. The van der Waals surface area contributed by atoms with E-state index >= 15 is 0 Å². The number of hydrogen-bond donors (Lipinski definition) is 0. The molecule has 15 heavy (non-hydrogen) atoms. The van der Waals surface area contributed by atoms with Gasteiger partial charge in [-0.05, 0) is 12.1 Å². The Morgan fingerprint density at radius 2 is 2.07 bits per heavy atom. The minimum Gasteiger partial charge on any atom is -0.207 e. The number of nitriles is 1. The van der Waals surface area contributed by atoms with E-state index in [2.05, 4.69) is 15.9 Å². The molecule has 0 N–H and O–H groups in total. The highest BCUT2D eigenvalue weighted by Crippen LogP contribution is 2.31. The third-order valence-electron chi connectivity index (χ3n) is 1.70. The lowest BCUT2D eigenvalue weighted by Gasteiger charge is -2.07. The molecule has 0 radical (unpaired) electrons. The first-order chi connectivity index (χ1) is 6.91. The highest BCUT2D eigenvalue weighted by molar-refractivity contribution is 9.10. The molecule has 0 heterocycles. The molecule has 0 fully saturated rings. The lowest BCUT2D eigenvalue weighted by Crippen LogP contribution is -2.01. The number of rotatable bonds is 2. The van der Waals surface area contributed by atoms with Crippen LogP contribution in [0.25, 0.3) is 0 Å². The second-order valence-electron chi connectivity index (χ2n) is 2.59. The molecular formula is C8H4BrCl2NO2S. The van der Waals surface area contributed by atoms with Crippen LogP contribution in [0.4, 0.5) is 0 Å². The van der Waals surface area contributed by atoms with Gasteiger partial charge < -0.3 is 0 Å². The van der Waals surface area contributed by atoms with Crippen LogP contribution in [0.15, 0.2) is 21.5 Å². The van der Waals surface area contributed by atoms with Crippen LogP contribution in [-0.2, 0) is 14.9 Å². The Morgan fingerprint density at radius 1 is 1.47 bits per heavy atom. The molecule has 1 aromatic rings. The average Bonchev–Trinajstić information content (AvgIpc) is 2.15. The number of nitrogens with zero attached hydrogens (tertiary/aromatic N) is 1. The maximum Gasteiger partial charge on any atom is 0.262 e. The summed E-state index contributed by atoms with van der Waals surface area (Å²) in [5, 5.41) is 8.76. The van der Waals surface area contributed by atoms with Crippen molar-refractivity contribution < 1.29 is 8.42 Å². The van der Waals surface area contributed by atoms with Crippen LogP contribution >= 0.6 is 38.2 Å². The van der Waals surface area contributed by atoms with E-state index in [-0.39, 0.29) is 16.3 Å².